The first-order chi connectivity index (χ1) is 17.7. The normalized spacial score (nSPS) is 26.4. The van der Waals surface area contributed by atoms with Crippen molar-refractivity contribution < 1.29 is 19.4 Å². The molecule has 0 unspecified atom stereocenters. The monoisotopic (exact) mass is 505 g/mol. The number of nitrogens with zero attached hydrogens (tertiary/aromatic N) is 3. The quantitative estimate of drug-likeness (QED) is 0.516. The minimum absolute atomic E-state index is 0.0827. The van der Waals surface area contributed by atoms with Crippen LogP contribution in [0.4, 0.5) is 17.2 Å². The van der Waals surface area contributed by atoms with Crippen molar-refractivity contribution in [3.8, 4) is 5.75 Å². The van der Waals surface area contributed by atoms with Gasteiger partial charge in [-0.1, -0.05) is 0 Å². The van der Waals surface area contributed by atoms with Crippen LogP contribution in [0.25, 0.3) is 0 Å². The van der Waals surface area contributed by atoms with Gasteiger partial charge >= 0.3 is 0 Å². The molecule has 2 amide bonds. The SMILES string of the molecule is CC1(O)CC(CN2C(=O)CCc3cc(OCCN4CCC5(CC4)C(=O)Nc4ccc(N)cc45)cnc32)C1. The summed E-state index contributed by atoms with van der Waals surface area (Å²) in [6, 6.07) is 7.68. The molecule has 0 atom stereocenters. The molecule has 37 heavy (non-hydrogen) atoms. The van der Waals surface area contributed by atoms with Gasteiger partial charge in [-0.3, -0.25) is 19.4 Å². The van der Waals surface area contributed by atoms with E-state index in [2.05, 4.69) is 15.2 Å². The van der Waals surface area contributed by atoms with Crippen molar-refractivity contribution in [2.24, 2.45) is 5.92 Å². The summed E-state index contributed by atoms with van der Waals surface area (Å²) >= 11 is 0. The van der Waals surface area contributed by atoms with Crippen LogP contribution in [0.1, 0.15) is 50.2 Å². The number of piperidine rings is 1. The molecule has 4 N–H and O–H groups in total. The van der Waals surface area contributed by atoms with Crippen molar-refractivity contribution in [1.82, 2.24) is 9.88 Å². The standard InChI is InChI=1S/C28H35N5O4/c1-27(36)14-18(15-27)17-33-24(34)5-2-19-12-21(16-30-25(19)33)37-11-10-32-8-6-28(7-9-32)22-13-20(29)3-4-23(22)31-26(28)35/h3-4,12-13,16,18,36H,2,5-11,14-15,17,29H2,1H3,(H,31,35). The molecule has 6 rings (SSSR count). The number of aromatic nitrogens is 1. The predicted molar refractivity (Wildman–Crippen MR) is 141 cm³/mol. The van der Waals surface area contributed by atoms with Gasteiger partial charge in [-0.2, -0.15) is 0 Å². The lowest BCUT2D eigenvalue weighted by molar-refractivity contribution is -0.122. The van der Waals surface area contributed by atoms with Crippen LogP contribution in [0.2, 0.25) is 0 Å². The molecule has 1 aromatic heterocycles. The summed E-state index contributed by atoms with van der Waals surface area (Å²) < 4.78 is 6.05. The van der Waals surface area contributed by atoms with Gasteiger partial charge in [0.2, 0.25) is 11.8 Å². The zero-order valence-electron chi connectivity index (χ0n) is 21.3. The first-order valence-electron chi connectivity index (χ1n) is 13.3. The summed E-state index contributed by atoms with van der Waals surface area (Å²) in [6.45, 7) is 5.39. The van der Waals surface area contributed by atoms with Crippen LogP contribution in [0, 0.1) is 5.92 Å². The van der Waals surface area contributed by atoms with Gasteiger partial charge in [0, 0.05) is 30.9 Å². The van der Waals surface area contributed by atoms with Crippen molar-refractivity contribution in [3.63, 3.8) is 0 Å². The Morgan fingerprint density at radius 3 is 2.73 bits per heavy atom. The van der Waals surface area contributed by atoms with E-state index in [1.807, 2.05) is 31.2 Å². The summed E-state index contributed by atoms with van der Waals surface area (Å²) in [4.78, 5) is 34.2. The maximum Gasteiger partial charge on any atom is 0.235 e. The van der Waals surface area contributed by atoms with Crippen LogP contribution in [-0.4, -0.2) is 65.2 Å². The lowest BCUT2D eigenvalue weighted by atomic mass is 9.72. The summed E-state index contributed by atoms with van der Waals surface area (Å²) in [5.41, 5.74) is 8.57. The lowest BCUT2D eigenvalue weighted by Gasteiger charge is -2.43. The number of likely N-dealkylation sites (tertiary alicyclic amines) is 1. The Bertz CT molecular complexity index is 1230. The van der Waals surface area contributed by atoms with E-state index in [4.69, 9.17) is 10.5 Å². The van der Waals surface area contributed by atoms with Crippen LogP contribution < -0.4 is 20.7 Å². The fraction of sp³-hybridized carbons (Fsp3) is 0.536. The summed E-state index contributed by atoms with van der Waals surface area (Å²) in [7, 11) is 0. The molecule has 2 aromatic rings. The van der Waals surface area contributed by atoms with Gasteiger partial charge in [-0.25, -0.2) is 4.98 Å². The fourth-order valence-electron chi connectivity index (χ4n) is 6.62. The number of aliphatic hydroxyl groups is 1. The van der Waals surface area contributed by atoms with E-state index >= 15 is 0 Å². The molecular formula is C28H35N5O4. The fourth-order valence-corrected chi connectivity index (χ4v) is 6.62. The van der Waals surface area contributed by atoms with Crippen molar-refractivity contribution in [3.05, 3.63) is 41.6 Å². The van der Waals surface area contributed by atoms with Gasteiger partial charge in [0.1, 0.15) is 18.2 Å². The number of nitrogens with one attached hydrogen (secondary N) is 1. The number of rotatable bonds is 6. The lowest BCUT2D eigenvalue weighted by Crippen LogP contribution is -2.48. The molecule has 0 bridgehead atoms. The number of anilines is 3. The number of fused-ring (bicyclic) bond motifs is 3. The van der Waals surface area contributed by atoms with Crippen LogP contribution in [0.15, 0.2) is 30.5 Å². The van der Waals surface area contributed by atoms with Crippen molar-refractivity contribution in [2.75, 3.05) is 48.7 Å². The summed E-state index contributed by atoms with van der Waals surface area (Å²) in [6.07, 6.45) is 5.80. The second-order valence-corrected chi connectivity index (χ2v) is 11.5. The van der Waals surface area contributed by atoms with Crippen molar-refractivity contribution >= 4 is 29.0 Å². The molecule has 4 heterocycles. The number of benzene rings is 1. The number of pyridine rings is 1. The van der Waals surface area contributed by atoms with E-state index in [0.29, 0.717) is 43.3 Å². The highest BCUT2D eigenvalue weighted by Crippen LogP contribution is 2.45. The van der Waals surface area contributed by atoms with Gasteiger partial charge in [-0.05, 0) is 93.4 Å². The van der Waals surface area contributed by atoms with Crippen molar-refractivity contribution in [1.29, 1.82) is 0 Å². The van der Waals surface area contributed by atoms with E-state index in [1.54, 1.807) is 11.1 Å². The van der Waals surface area contributed by atoms with Gasteiger partial charge in [-0.15, -0.1) is 0 Å². The zero-order chi connectivity index (χ0) is 25.8. The van der Waals surface area contributed by atoms with Gasteiger partial charge in [0.15, 0.2) is 0 Å². The molecule has 1 saturated heterocycles. The van der Waals surface area contributed by atoms with Crippen LogP contribution in [0.3, 0.4) is 0 Å². The Balaban J connectivity index is 1.03. The number of nitrogen functional groups attached to an aromatic ring is 1. The Hall–Kier alpha value is -3.17. The largest absolute Gasteiger partial charge is 0.491 e. The number of carbonyl (C=O) groups excluding carboxylic acids is 2. The van der Waals surface area contributed by atoms with Gasteiger partial charge in [0.05, 0.1) is 17.2 Å². The Morgan fingerprint density at radius 1 is 1.19 bits per heavy atom. The minimum Gasteiger partial charge on any atom is -0.491 e. The van der Waals surface area contributed by atoms with E-state index < -0.39 is 11.0 Å². The van der Waals surface area contributed by atoms with E-state index in [1.165, 1.54) is 0 Å². The third kappa shape index (κ3) is 4.44. The first kappa shape index (κ1) is 24.2. The number of amides is 2. The molecule has 1 spiro atoms. The molecule has 1 aliphatic carbocycles. The highest BCUT2D eigenvalue weighted by molar-refractivity contribution is 6.06. The molecule has 9 heteroatoms. The van der Waals surface area contributed by atoms with Crippen molar-refractivity contribution in [2.45, 2.75) is 56.5 Å². The number of hydrogen-bond acceptors (Lipinski definition) is 7. The maximum atomic E-state index is 12.9. The number of hydrogen-bond donors (Lipinski definition) is 3. The predicted octanol–water partition coefficient (Wildman–Crippen LogP) is 2.47. The molecule has 1 saturated carbocycles. The number of carbonyl (C=O) groups is 2. The molecule has 0 radical (unpaired) electrons. The van der Waals surface area contributed by atoms with Crippen LogP contribution in [0.5, 0.6) is 5.75 Å². The highest BCUT2D eigenvalue weighted by atomic mass is 16.5. The molecule has 196 valence electrons. The number of ether oxygens (including phenoxy) is 1. The molecule has 2 fully saturated rings. The first-order valence-corrected chi connectivity index (χ1v) is 13.3. The minimum atomic E-state index is -0.603. The highest BCUT2D eigenvalue weighted by Gasteiger charge is 2.48. The Kier molecular flexibility index (Phi) is 5.88. The molecular weight excluding hydrogens is 470 g/mol. The molecule has 4 aliphatic rings. The Labute approximate surface area is 217 Å². The Morgan fingerprint density at radius 2 is 1.97 bits per heavy atom. The van der Waals surface area contributed by atoms with E-state index in [9.17, 15) is 14.7 Å². The van der Waals surface area contributed by atoms with Gasteiger partial charge < -0.3 is 20.9 Å². The molecule has 1 aromatic carbocycles. The van der Waals surface area contributed by atoms with Crippen LogP contribution >= 0.6 is 0 Å². The summed E-state index contributed by atoms with van der Waals surface area (Å²) in [5.74, 6) is 1.94. The van der Waals surface area contributed by atoms with E-state index in [-0.39, 0.29) is 11.8 Å². The molecule has 9 nitrogen and oxygen atoms in total. The van der Waals surface area contributed by atoms with E-state index in [0.717, 1.165) is 67.9 Å². The average Bonchev–Trinajstić information content (AvgIpc) is 3.11. The van der Waals surface area contributed by atoms with Gasteiger partial charge in [0.25, 0.3) is 0 Å². The third-order valence-electron chi connectivity index (χ3n) is 8.61. The second kappa shape index (κ2) is 8.99. The smallest absolute Gasteiger partial charge is 0.235 e. The summed E-state index contributed by atoms with van der Waals surface area (Å²) in [5, 5.41) is 13.1. The number of aryl methyl sites for hydroxylation is 1. The third-order valence-corrected chi connectivity index (χ3v) is 8.61. The average molecular weight is 506 g/mol. The zero-order valence-corrected chi connectivity index (χ0v) is 21.3. The van der Waals surface area contributed by atoms with Crippen LogP contribution in [-0.2, 0) is 21.4 Å². The number of nitrogens with two attached hydrogens (primary N) is 1. The molecule has 3 aliphatic heterocycles. The maximum absolute atomic E-state index is 12.9. The topological polar surface area (TPSA) is 121 Å². The second-order valence-electron chi connectivity index (χ2n) is 11.5.